The molecule has 1 heterocycles. The van der Waals surface area contributed by atoms with Gasteiger partial charge in [-0.25, -0.2) is 8.42 Å². The van der Waals surface area contributed by atoms with Crippen LogP contribution < -0.4 is 5.32 Å². The number of nitro benzene ring substituents is 1. The van der Waals surface area contributed by atoms with Crippen molar-refractivity contribution in [3.63, 3.8) is 0 Å². The average molecular weight is 268 g/mol. The van der Waals surface area contributed by atoms with E-state index in [9.17, 15) is 18.5 Å². The Kier molecular flexibility index (Phi) is 3.08. The summed E-state index contributed by atoms with van der Waals surface area (Å²) in [5.41, 5.74) is 1.28. The van der Waals surface area contributed by atoms with Gasteiger partial charge < -0.3 is 5.32 Å². The maximum atomic E-state index is 11.2. The van der Waals surface area contributed by atoms with E-state index in [1.807, 2.05) is 0 Å². The Morgan fingerprint density at radius 2 is 2.11 bits per heavy atom. The molecule has 6 nitrogen and oxygen atoms in total. The van der Waals surface area contributed by atoms with Gasteiger partial charge in [0.15, 0.2) is 9.84 Å². The average Bonchev–Trinajstić information content (AvgIpc) is 2.57. The predicted octanol–water partition coefficient (Wildman–Crippen LogP) is 1.63. The molecule has 1 unspecified atom stereocenters. The molecule has 0 saturated heterocycles. The number of hydrogen-bond acceptors (Lipinski definition) is 5. The van der Waals surface area contributed by atoms with Gasteiger partial charge >= 0.3 is 0 Å². The Balaban J connectivity index is 2.20. The molecule has 0 amide bonds. The van der Waals surface area contributed by atoms with Crippen LogP contribution in [0.1, 0.15) is 5.56 Å². The summed E-state index contributed by atoms with van der Waals surface area (Å²) >= 11 is 0. The highest BCUT2D eigenvalue weighted by molar-refractivity contribution is 7.94. The summed E-state index contributed by atoms with van der Waals surface area (Å²) in [7, 11) is -3.13. The zero-order chi connectivity index (χ0) is 13.3. The lowest BCUT2D eigenvalue weighted by Gasteiger charge is -2.11. The summed E-state index contributed by atoms with van der Waals surface area (Å²) < 4.78 is 22.5. The normalized spacial score (nSPS) is 20.8. The largest absolute Gasteiger partial charge is 0.378 e. The molecule has 0 radical (unpaired) electrons. The minimum absolute atomic E-state index is 0.0117. The van der Waals surface area contributed by atoms with Crippen LogP contribution in [0, 0.1) is 17.0 Å². The highest BCUT2D eigenvalue weighted by Gasteiger charge is 2.21. The number of benzene rings is 1. The molecule has 0 aromatic heterocycles. The molecule has 0 bridgehead atoms. The van der Waals surface area contributed by atoms with E-state index in [2.05, 4.69) is 5.32 Å². The van der Waals surface area contributed by atoms with Gasteiger partial charge in [0.25, 0.3) is 5.69 Å². The summed E-state index contributed by atoms with van der Waals surface area (Å²) in [6.45, 7) is 1.75. The third kappa shape index (κ3) is 2.86. The van der Waals surface area contributed by atoms with Crippen LogP contribution in [0.5, 0.6) is 0 Å². The van der Waals surface area contributed by atoms with Crippen LogP contribution in [-0.2, 0) is 9.84 Å². The molecule has 1 aliphatic rings. The zero-order valence-corrected chi connectivity index (χ0v) is 10.5. The summed E-state index contributed by atoms with van der Waals surface area (Å²) in [6, 6.07) is 4.26. The fourth-order valence-corrected chi connectivity index (χ4v) is 3.07. The molecule has 1 aliphatic heterocycles. The van der Waals surface area contributed by atoms with Crippen LogP contribution in [0.4, 0.5) is 11.4 Å². The molecule has 1 aromatic rings. The van der Waals surface area contributed by atoms with E-state index in [0.29, 0.717) is 5.69 Å². The van der Waals surface area contributed by atoms with Gasteiger partial charge in [-0.15, -0.1) is 0 Å². The van der Waals surface area contributed by atoms with Gasteiger partial charge in [-0.1, -0.05) is 6.08 Å². The van der Waals surface area contributed by atoms with Gasteiger partial charge in [0.05, 0.1) is 16.7 Å². The molecule has 0 fully saturated rings. The van der Waals surface area contributed by atoms with E-state index >= 15 is 0 Å². The summed E-state index contributed by atoms with van der Waals surface area (Å²) in [5, 5.41) is 14.8. The smallest absolute Gasteiger partial charge is 0.271 e. The molecular formula is C11H12N2O4S. The Hall–Kier alpha value is -1.89. The molecule has 96 valence electrons. The summed E-state index contributed by atoms with van der Waals surface area (Å²) in [4.78, 5) is 10.2. The van der Waals surface area contributed by atoms with E-state index in [-0.39, 0.29) is 17.5 Å². The van der Waals surface area contributed by atoms with Crippen molar-refractivity contribution in [2.45, 2.75) is 13.0 Å². The third-order valence-corrected chi connectivity index (χ3v) is 3.95. The van der Waals surface area contributed by atoms with Gasteiger partial charge in [0.1, 0.15) is 0 Å². The Labute approximate surface area is 104 Å². The Bertz CT molecular complexity index is 622. The van der Waals surface area contributed by atoms with Gasteiger partial charge in [0.2, 0.25) is 0 Å². The second-order valence-electron chi connectivity index (χ2n) is 4.22. The molecule has 0 aliphatic carbocycles. The standard InChI is InChI=1S/C11H12N2O4S/c1-8-4-10(6-11(5-8)13(14)15)12-9-2-3-18(16,17)7-9/h2-6,9,12H,7H2,1H3. The van der Waals surface area contributed by atoms with Crippen LogP contribution in [0.25, 0.3) is 0 Å². The lowest BCUT2D eigenvalue weighted by molar-refractivity contribution is -0.384. The number of sulfone groups is 1. The van der Waals surface area contributed by atoms with Crippen molar-refractivity contribution in [3.05, 3.63) is 45.4 Å². The molecule has 1 atom stereocenters. The second-order valence-corrected chi connectivity index (χ2v) is 6.15. The van der Waals surface area contributed by atoms with Crippen molar-refractivity contribution in [3.8, 4) is 0 Å². The first kappa shape index (κ1) is 12.6. The van der Waals surface area contributed by atoms with Crippen molar-refractivity contribution < 1.29 is 13.3 Å². The minimum atomic E-state index is -3.13. The van der Waals surface area contributed by atoms with Crippen LogP contribution >= 0.6 is 0 Å². The van der Waals surface area contributed by atoms with E-state index in [0.717, 1.165) is 11.0 Å². The molecular weight excluding hydrogens is 256 g/mol. The lowest BCUT2D eigenvalue weighted by Crippen LogP contribution is -2.20. The quantitative estimate of drug-likeness (QED) is 0.664. The van der Waals surface area contributed by atoms with Gasteiger partial charge in [-0.2, -0.15) is 0 Å². The molecule has 0 saturated carbocycles. The lowest BCUT2D eigenvalue weighted by atomic mass is 10.2. The van der Waals surface area contributed by atoms with Crippen molar-refractivity contribution in [1.29, 1.82) is 0 Å². The third-order valence-electron chi connectivity index (χ3n) is 2.56. The number of nitrogens with zero attached hydrogens (tertiary/aromatic N) is 1. The Morgan fingerprint density at radius 3 is 2.67 bits per heavy atom. The van der Waals surface area contributed by atoms with Crippen LogP contribution in [0.2, 0.25) is 0 Å². The SMILES string of the molecule is Cc1cc(NC2C=CS(=O)(=O)C2)cc([N+](=O)[O-])c1. The number of anilines is 1. The van der Waals surface area contributed by atoms with Gasteiger partial charge in [-0.05, 0) is 18.6 Å². The monoisotopic (exact) mass is 268 g/mol. The number of aryl methyl sites for hydroxylation is 1. The topological polar surface area (TPSA) is 89.3 Å². The van der Waals surface area contributed by atoms with E-state index in [4.69, 9.17) is 0 Å². The second kappa shape index (κ2) is 4.41. The fourth-order valence-electron chi connectivity index (χ4n) is 1.83. The van der Waals surface area contributed by atoms with Crippen LogP contribution in [0.15, 0.2) is 29.7 Å². The van der Waals surface area contributed by atoms with Gasteiger partial charge in [0, 0.05) is 23.2 Å². The first-order valence-corrected chi connectivity index (χ1v) is 7.01. The molecule has 2 rings (SSSR count). The summed E-state index contributed by atoms with van der Waals surface area (Å²) in [6.07, 6.45) is 1.55. The first-order valence-electron chi connectivity index (χ1n) is 5.29. The Morgan fingerprint density at radius 1 is 1.39 bits per heavy atom. The molecule has 1 N–H and O–H groups in total. The van der Waals surface area contributed by atoms with Crippen LogP contribution in [0.3, 0.4) is 0 Å². The number of hydrogen-bond donors (Lipinski definition) is 1. The fraction of sp³-hybridized carbons (Fsp3) is 0.273. The highest BCUT2D eigenvalue weighted by Crippen LogP contribution is 2.22. The molecule has 0 spiro atoms. The van der Waals surface area contributed by atoms with Gasteiger partial charge in [-0.3, -0.25) is 10.1 Å². The summed E-state index contributed by atoms with van der Waals surface area (Å²) in [5.74, 6) is -0.0191. The molecule has 7 heteroatoms. The number of nitrogens with one attached hydrogen (secondary N) is 1. The highest BCUT2D eigenvalue weighted by atomic mass is 32.2. The van der Waals surface area contributed by atoms with Crippen molar-refractivity contribution in [2.24, 2.45) is 0 Å². The predicted molar refractivity (Wildman–Crippen MR) is 68.2 cm³/mol. The van der Waals surface area contributed by atoms with Crippen molar-refractivity contribution in [2.75, 3.05) is 11.1 Å². The van der Waals surface area contributed by atoms with Crippen molar-refractivity contribution >= 4 is 21.2 Å². The number of non-ortho nitro benzene ring substituents is 1. The van der Waals surface area contributed by atoms with E-state index < -0.39 is 14.8 Å². The number of nitro groups is 1. The van der Waals surface area contributed by atoms with Crippen LogP contribution in [-0.4, -0.2) is 25.1 Å². The zero-order valence-electron chi connectivity index (χ0n) is 9.66. The van der Waals surface area contributed by atoms with E-state index in [1.54, 1.807) is 19.1 Å². The maximum absolute atomic E-state index is 11.2. The van der Waals surface area contributed by atoms with E-state index in [1.165, 1.54) is 12.1 Å². The molecule has 1 aromatic carbocycles. The van der Waals surface area contributed by atoms with Crippen molar-refractivity contribution in [1.82, 2.24) is 0 Å². The minimum Gasteiger partial charge on any atom is -0.378 e. The number of rotatable bonds is 3. The maximum Gasteiger partial charge on any atom is 0.271 e. The first-order chi connectivity index (χ1) is 8.35. The molecule has 18 heavy (non-hydrogen) atoms.